The number of carbonyl (C=O) groups excluding carboxylic acids is 1. The van der Waals surface area contributed by atoms with Crippen molar-refractivity contribution < 1.29 is 34.9 Å². The van der Waals surface area contributed by atoms with Gasteiger partial charge in [-0.2, -0.15) is 0 Å². The molecule has 0 fully saturated rings. The number of carboxylic acid groups (broad SMARTS) is 1. The van der Waals surface area contributed by atoms with Gasteiger partial charge in [0.15, 0.2) is 0 Å². The molecule has 1 N–H and O–H groups in total. The fraction of sp³-hybridized carbons (Fsp3) is 0.944. The van der Waals surface area contributed by atoms with Crippen molar-refractivity contribution in [3.8, 4) is 0 Å². The average molecular weight is 366 g/mol. The zero-order valence-electron chi connectivity index (χ0n) is 14.8. The Balaban J connectivity index is -0.00000180. The molecule has 0 spiro atoms. The molecule has 4 heteroatoms. The first kappa shape index (κ1) is 26.9. The third kappa shape index (κ3) is 25.0. The predicted octanol–water partition coefficient (Wildman–Crippen LogP) is 4.82. The molecule has 0 aliphatic carbocycles. The van der Waals surface area contributed by atoms with E-state index < -0.39 is 5.97 Å². The first-order chi connectivity index (χ1) is 9.77. The molecule has 0 aromatic carbocycles. The van der Waals surface area contributed by atoms with Gasteiger partial charge in [0.05, 0.1) is 0 Å². The maximum atomic E-state index is 10.2. The summed E-state index contributed by atoms with van der Waals surface area (Å²) in [5.41, 5.74) is 0. The third-order valence-electron chi connectivity index (χ3n) is 3.98. The SMILES string of the molecule is CCCCCCCCCCCCCCCCCC(=O)[O-].[OH-].[Zn+2]. The fourth-order valence-corrected chi connectivity index (χ4v) is 2.64. The second-order valence-electron chi connectivity index (χ2n) is 6.07. The van der Waals surface area contributed by atoms with Gasteiger partial charge in [-0.25, -0.2) is 0 Å². The summed E-state index contributed by atoms with van der Waals surface area (Å²) in [5, 5.41) is 10.2. The van der Waals surface area contributed by atoms with E-state index in [0.29, 0.717) is 0 Å². The summed E-state index contributed by atoms with van der Waals surface area (Å²) in [5.74, 6) is -0.903. The van der Waals surface area contributed by atoms with Crippen molar-refractivity contribution in [2.24, 2.45) is 0 Å². The summed E-state index contributed by atoms with van der Waals surface area (Å²) in [4.78, 5) is 10.2. The van der Waals surface area contributed by atoms with Crippen LogP contribution in [0, 0.1) is 0 Å². The van der Waals surface area contributed by atoms with E-state index in [4.69, 9.17) is 0 Å². The van der Waals surface area contributed by atoms with Gasteiger partial charge in [-0.15, -0.1) is 0 Å². The summed E-state index contributed by atoms with van der Waals surface area (Å²) >= 11 is 0. The fourth-order valence-electron chi connectivity index (χ4n) is 2.64. The summed E-state index contributed by atoms with van der Waals surface area (Å²) in [6.07, 6.45) is 19.9. The van der Waals surface area contributed by atoms with E-state index in [1.807, 2.05) is 0 Å². The number of hydrogen-bond acceptors (Lipinski definition) is 3. The molecular formula is C18H36O3Zn. The Kier molecular flexibility index (Phi) is 28.5. The summed E-state index contributed by atoms with van der Waals surface area (Å²) in [6.45, 7) is 2.27. The van der Waals surface area contributed by atoms with Crippen LogP contribution in [0.5, 0.6) is 0 Å². The van der Waals surface area contributed by atoms with E-state index in [-0.39, 0.29) is 31.4 Å². The van der Waals surface area contributed by atoms with Crippen LogP contribution in [0.3, 0.4) is 0 Å². The van der Waals surface area contributed by atoms with Crippen molar-refractivity contribution in [1.29, 1.82) is 0 Å². The largest absolute Gasteiger partial charge is 2.00 e. The Labute approximate surface area is 150 Å². The number of carbonyl (C=O) groups is 1. The molecule has 0 saturated heterocycles. The van der Waals surface area contributed by atoms with Gasteiger partial charge in [0.25, 0.3) is 0 Å². The van der Waals surface area contributed by atoms with Crippen molar-refractivity contribution in [2.45, 2.75) is 110 Å². The zero-order chi connectivity index (χ0) is 14.9. The number of unbranched alkanes of at least 4 members (excludes halogenated alkanes) is 14. The smallest absolute Gasteiger partial charge is 0.870 e. The van der Waals surface area contributed by atoms with Crippen LogP contribution in [0.25, 0.3) is 0 Å². The van der Waals surface area contributed by atoms with E-state index in [2.05, 4.69) is 6.92 Å². The number of hydrogen-bond donors (Lipinski definition) is 0. The summed E-state index contributed by atoms with van der Waals surface area (Å²) in [6, 6.07) is 0. The molecule has 22 heavy (non-hydrogen) atoms. The molecule has 0 saturated carbocycles. The van der Waals surface area contributed by atoms with E-state index in [0.717, 1.165) is 12.8 Å². The maximum Gasteiger partial charge on any atom is 2.00 e. The number of aliphatic carboxylic acids is 1. The summed E-state index contributed by atoms with van der Waals surface area (Å²) in [7, 11) is 0. The second kappa shape index (κ2) is 23.3. The standard InChI is InChI=1S/C18H36O2.H2O.Zn/c1-2-3-4-5-6-7-8-9-10-11-12-13-14-15-16-17-18(19)20;;/h2-17H2,1H3,(H,19,20);1H2;/q;;+2/p-2. The van der Waals surface area contributed by atoms with Crippen molar-refractivity contribution >= 4 is 5.97 Å². The van der Waals surface area contributed by atoms with Crippen molar-refractivity contribution in [1.82, 2.24) is 0 Å². The maximum absolute atomic E-state index is 10.2. The Hall–Kier alpha value is 0.0534. The van der Waals surface area contributed by atoms with Crippen LogP contribution in [-0.2, 0) is 24.3 Å². The summed E-state index contributed by atoms with van der Waals surface area (Å²) < 4.78 is 0. The van der Waals surface area contributed by atoms with Crippen LogP contribution in [-0.4, -0.2) is 11.4 Å². The van der Waals surface area contributed by atoms with Crippen molar-refractivity contribution in [2.75, 3.05) is 0 Å². The molecule has 0 atom stereocenters. The van der Waals surface area contributed by atoms with Crippen molar-refractivity contribution in [3.63, 3.8) is 0 Å². The average Bonchev–Trinajstić information content (AvgIpc) is 2.43. The minimum Gasteiger partial charge on any atom is -0.870 e. The molecule has 0 amide bonds. The van der Waals surface area contributed by atoms with Gasteiger partial charge in [0.1, 0.15) is 0 Å². The predicted molar refractivity (Wildman–Crippen MR) is 86.5 cm³/mol. The molecule has 0 rings (SSSR count). The van der Waals surface area contributed by atoms with Crippen molar-refractivity contribution in [3.05, 3.63) is 0 Å². The topological polar surface area (TPSA) is 70.1 Å². The van der Waals surface area contributed by atoms with Crippen LogP contribution >= 0.6 is 0 Å². The molecule has 0 heterocycles. The Morgan fingerprint density at radius 3 is 1.18 bits per heavy atom. The van der Waals surface area contributed by atoms with Gasteiger partial charge in [0, 0.05) is 5.97 Å². The molecule has 0 aromatic rings. The molecule has 3 nitrogen and oxygen atoms in total. The minimum atomic E-state index is -0.903. The molecular weight excluding hydrogens is 330 g/mol. The van der Waals surface area contributed by atoms with Gasteiger partial charge in [-0.05, 0) is 12.8 Å². The van der Waals surface area contributed by atoms with E-state index in [1.54, 1.807) is 0 Å². The van der Waals surface area contributed by atoms with E-state index >= 15 is 0 Å². The first-order valence-electron chi connectivity index (χ1n) is 8.97. The zero-order valence-corrected chi connectivity index (χ0v) is 17.8. The number of rotatable bonds is 16. The van der Waals surface area contributed by atoms with Crippen LogP contribution in [0.15, 0.2) is 0 Å². The van der Waals surface area contributed by atoms with Crippen LogP contribution in [0.4, 0.5) is 0 Å². The van der Waals surface area contributed by atoms with Crippen LogP contribution in [0.2, 0.25) is 0 Å². The van der Waals surface area contributed by atoms with E-state index in [9.17, 15) is 9.90 Å². The number of carboxylic acids is 1. The van der Waals surface area contributed by atoms with Gasteiger partial charge in [0.2, 0.25) is 0 Å². The third-order valence-corrected chi connectivity index (χ3v) is 3.98. The molecule has 0 aromatic heterocycles. The monoisotopic (exact) mass is 364 g/mol. The Morgan fingerprint density at radius 2 is 0.909 bits per heavy atom. The first-order valence-corrected chi connectivity index (χ1v) is 8.97. The van der Waals surface area contributed by atoms with Gasteiger partial charge in [-0.1, -0.05) is 96.8 Å². The van der Waals surface area contributed by atoms with Crippen LogP contribution in [0.1, 0.15) is 110 Å². The Morgan fingerprint density at radius 1 is 0.636 bits per heavy atom. The van der Waals surface area contributed by atoms with Crippen LogP contribution < -0.4 is 5.11 Å². The normalized spacial score (nSPS) is 9.86. The van der Waals surface area contributed by atoms with Gasteiger partial charge in [-0.3, -0.25) is 0 Å². The minimum absolute atomic E-state index is 0. The Bertz CT molecular complexity index is 211. The quantitative estimate of drug-likeness (QED) is 0.291. The van der Waals surface area contributed by atoms with E-state index in [1.165, 1.54) is 83.5 Å². The molecule has 0 aliphatic rings. The molecule has 0 radical (unpaired) electrons. The molecule has 0 aliphatic heterocycles. The second-order valence-corrected chi connectivity index (χ2v) is 6.07. The molecule has 0 unspecified atom stereocenters. The van der Waals surface area contributed by atoms with Gasteiger partial charge >= 0.3 is 19.5 Å². The molecule has 128 valence electrons. The van der Waals surface area contributed by atoms with Gasteiger partial charge < -0.3 is 15.4 Å². The molecule has 0 bridgehead atoms.